The maximum atomic E-state index is 4.92. The summed E-state index contributed by atoms with van der Waals surface area (Å²) in [4.78, 5) is 8.44. The second-order valence-corrected chi connectivity index (χ2v) is 8.40. The number of fused-ring (bicyclic) bond motifs is 1. The van der Waals surface area contributed by atoms with Gasteiger partial charge in [-0.25, -0.2) is 4.98 Å². The highest BCUT2D eigenvalue weighted by atomic mass is 32.1. The first kappa shape index (κ1) is 16.1. The molecule has 25 heavy (non-hydrogen) atoms. The average Bonchev–Trinajstić information content (AvgIpc) is 3.17. The Kier molecular flexibility index (Phi) is 3.77. The summed E-state index contributed by atoms with van der Waals surface area (Å²) < 4.78 is 0. The summed E-state index contributed by atoms with van der Waals surface area (Å²) in [7, 11) is 0. The number of rotatable bonds is 2. The average molecular weight is 346 g/mol. The van der Waals surface area contributed by atoms with E-state index in [1.807, 2.05) is 6.07 Å². The molecule has 2 aromatic carbocycles. The minimum Gasteiger partial charge on any atom is -0.358 e. The Morgan fingerprint density at radius 3 is 2.48 bits per heavy atom. The van der Waals surface area contributed by atoms with Crippen LogP contribution in [0, 0.1) is 6.92 Å². The zero-order valence-electron chi connectivity index (χ0n) is 15.1. The predicted molar refractivity (Wildman–Crippen MR) is 108 cm³/mol. The van der Waals surface area contributed by atoms with Crippen LogP contribution < -0.4 is 0 Å². The highest BCUT2D eigenvalue weighted by molar-refractivity contribution is 7.13. The molecule has 2 nitrogen and oxygen atoms in total. The van der Waals surface area contributed by atoms with Gasteiger partial charge in [0.05, 0.1) is 5.69 Å². The fourth-order valence-corrected chi connectivity index (χ4v) is 4.14. The molecule has 0 saturated carbocycles. The molecule has 126 valence electrons. The minimum atomic E-state index is 0.134. The molecule has 0 unspecified atom stereocenters. The summed E-state index contributed by atoms with van der Waals surface area (Å²) in [6.45, 7) is 8.90. The third-order valence-electron chi connectivity index (χ3n) is 4.64. The maximum Gasteiger partial charge on any atom is 0.126 e. The van der Waals surface area contributed by atoms with Crippen molar-refractivity contribution in [3.05, 3.63) is 65.2 Å². The standard InChI is InChI=1S/C22H22N2S/c1-14-20(17-12-16(22(2,3)4)10-11-18(17)23-14)21-24-19(13-25-21)15-8-6-5-7-9-15/h5-13,23H,1-4H3. The van der Waals surface area contributed by atoms with Crippen molar-refractivity contribution in [3.8, 4) is 21.8 Å². The van der Waals surface area contributed by atoms with Crippen LogP contribution in [0.3, 0.4) is 0 Å². The van der Waals surface area contributed by atoms with Crippen molar-refractivity contribution in [2.45, 2.75) is 33.1 Å². The molecule has 0 aliphatic carbocycles. The summed E-state index contributed by atoms with van der Waals surface area (Å²) in [6, 6.07) is 17.1. The van der Waals surface area contributed by atoms with E-state index in [0.717, 1.165) is 16.3 Å². The number of hydrogen-bond acceptors (Lipinski definition) is 2. The fraction of sp³-hybridized carbons (Fsp3) is 0.227. The number of benzene rings is 2. The van der Waals surface area contributed by atoms with Crippen molar-refractivity contribution in [1.82, 2.24) is 9.97 Å². The summed E-state index contributed by atoms with van der Waals surface area (Å²) in [5.74, 6) is 0. The number of aromatic nitrogens is 2. The van der Waals surface area contributed by atoms with Crippen molar-refractivity contribution in [3.63, 3.8) is 0 Å². The SMILES string of the molecule is Cc1[nH]c2ccc(C(C)(C)C)cc2c1-c1nc(-c2ccccc2)cs1. The quantitative estimate of drug-likeness (QED) is 0.437. The van der Waals surface area contributed by atoms with Gasteiger partial charge in [-0.05, 0) is 30.0 Å². The second-order valence-electron chi connectivity index (χ2n) is 7.54. The number of nitrogens with zero attached hydrogens (tertiary/aromatic N) is 1. The largest absolute Gasteiger partial charge is 0.358 e. The van der Waals surface area contributed by atoms with E-state index in [1.54, 1.807) is 11.3 Å². The molecule has 0 bridgehead atoms. The third-order valence-corrected chi connectivity index (χ3v) is 5.50. The molecule has 0 atom stereocenters. The highest BCUT2D eigenvalue weighted by Gasteiger charge is 2.19. The van der Waals surface area contributed by atoms with E-state index in [2.05, 4.69) is 80.5 Å². The molecule has 0 fully saturated rings. The van der Waals surface area contributed by atoms with Crippen molar-refractivity contribution in [2.24, 2.45) is 0 Å². The summed E-state index contributed by atoms with van der Waals surface area (Å²) in [5.41, 5.74) is 7.27. The Hall–Kier alpha value is -2.39. The Morgan fingerprint density at radius 1 is 1.00 bits per heavy atom. The van der Waals surface area contributed by atoms with Crippen LogP contribution in [-0.2, 0) is 5.41 Å². The van der Waals surface area contributed by atoms with Crippen molar-refractivity contribution >= 4 is 22.2 Å². The van der Waals surface area contributed by atoms with Gasteiger partial charge >= 0.3 is 0 Å². The van der Waals surface area contributed by atoms with Gasteiger partial charge in [-0.3, -0.25) is 0 Å². The zero-order chi connectivity index (χ0) is 17.6. The molecule has 0 aliphatic rings. The third kappa shape index (κ3) is 2.89. The Bertz CT molecular complexity index is 1030. The number of hydrogen-bond donors (Lipinski definition) is 1. The normalized spacial score (nSPS) is 12.0. The van der Waals surface area contributed by atoms with Gasteiger partial charge < -0.3 is 4.98 Å². The molecule has 0 amide bonds. The molecule has 0 saturated heterocycles. The van der Waals surface area contributed by atoms with Crippen LogP contribution in [-0.4, -0.2) is 9.97 Å². The molecule has 2 heterocycles. The lowest BCUT2D eigenvalue weighted by atomic mass is 9.86. The van der Waals surface area contributed by atoms with Gasteiger partial charge in [0.2, 0.25) is 0 Å². The minimum absolute atomic E-state index is 0.134. The van der Waals surface area contributed by atoms with Crippen LogP contribution in [0.2, 0.25) is 0 Å². The van der Waals surface area contributed by atoms with Crippen molar-refractivity contribution < 1.29 is 0 Å². The Morgan fingerprint density at radius 2 is 1.76 bits per heavy atom. The van der Waals surface area contributed by atoms with E-state index in [-0.39, 0.29) is 5.41 Å². The van der Waals surface area contributed by atoms with Crippen LogP contribution in [0.1, 0.15) is 32.0 Å². The first-order chi connectivity index (χ1) is 11.9. The smallest absolute Gasteiger partial charge is 0.126 e. The van der Waals surface area contributed by atoms with E-state index in [9.17, 15) is 0 Å². The van der Waals surface area contributed by atoms with Gasteiger partial charge in [-0.2, -0.15) is 0 Å². The molecule has 0 spiro atoms. The van der Waals surface area contributed by atoms with Gasteiger partial charge in [-0.15, -0.1) is 11.3 Å². The molecular weight excluding hydrogens is 324 g/mol. The number of nitrogens with one attached hydrogen (secondary N) is 1. The predicted octanol–water partition coefficient (Wildman–Crippen LogP) is 6.56. The van der Waals surface area contributed by atoms with E-state index in [1.165, 1.54) is 27.7 Å². The summed E-state index contributed by atoms with van der Waals surface area (Å²) >= 11 is 1.71. The number of aryl methyl sites for hydroxylation is 1. The molecule has 0 radical (unpaired) electrons. The number of H-pyrrole nitrogens is 1. The van der Waals surface area contributed by atoms with E-state index >= 15 is 0 Å². The molecule has 2 aromatic heterocycles. The molecule has 4 rings (SSSR count). The lowest BCUT2D eigenvalue weighted by Gasteiger charge is -2.19. The number of thiazole rings is 1. The van der Waals surface area contributed by atoms with Crippen LogP contribution in [0.4, 0.5) is 0 Å². The maximum absolute atomic E-state index is 4.92. The summed E-state index contributed by atoms with van der Waals surface area (Å²) in [6.07, 6.45) is 0. The topological polar surface area (TPSA) is 28.7 Å². The molecular formula is C22H22N2S. The van der Waals surface area contributed by atoms with Crippen LogP contribution in [0.25, 0.3) is 32.7 Å². The fourth-order valence-electron chi connectivity index (χ4n) is 3.20. The first-order valence-corrected chi connectivity index (χ1v) is 9.45. The van der Waals surface area contributed by atoms with E-state index in [4.69, 9.17) is 4.98 Å². The van der Waals surface area contributed by atoms with Crippen LogP contribution >= 0.6 is 11.3 Å². The lowest BCUT2D eigenvalue weighted by Crippen LogP contribution is -2.10. The van der Waals surface area contributed by atoms with Crippen molar-refractivity contribution in [1.29, 1.82) is 0 Å². The first-order valence-electron chi connectivity index (χ1n) is 8.57. The lowest BCUT2D eigenvalue weighted by molar-refractivity contribution is 0.591. The Balaban J connectivity index is 1.86. The van der Waals surface area contributed by atoms with Crippen LogP contribution in [0.5, 0.6) is 0 Å². The second kappa shape index (κ2) is 5.85. The van der Waals surface area contributed by atoms with Crippen molar-refractivity contribution in [2.75, 3.05) is 0 Å². The van der Waals surface area contributed by atoms with Crippen LogP contribution in [0.15, 0.2) is 53.9 Å². The van der Waals surface area contributed by atoms with E-state index < -0.39 is 0 Å². The van der Waals surface area contributed by atoms with Gasteiger partial charge in [0, 0.05) is 33.1 Å². The Labute approximate surface area is 152 Å². The monoisotopic (exact) mass is 346 g/mol. The van der Waals surface area contributed by atoms with Gasteiger partial charge in [0.15, 0.2) is 0 Å². The molecule has 1 N–H and O–H groups in total. The summed E-state index contributed by atoms with van der Waals surface area (Å²) in [5, 5.41) is 4.49. The van der Waals surface area contributed by atoms with Gasteiger partial charge in [0.1, 0.15) is 5.01 Å². The highest BCUT2D eigenvalue weighted by Crippen LogP contribution is 2.37. The van der Waals surface area contributed by atoms with Gasteiger partial charge in [-0.1, -0.05) is 57.2 Å². The van der Waals surface area contributed by atoms with E-state index in [0.29, 0.717) is 0 Å². The van der Waals surface area contributed by atoms with Gasteiger partial charge in [0.25, 0.3) is 0 Å². The molecule has 3 heteroatoms. The zero-order valence-corrected chi connectivity index (χ0v) is 15.9. The molecule has 4 aromatic rings. The molecule has 0 aliphatic heterocycles. The number of aromatic amines is 1.